The molecule has 0 atom stereocenters. The molecule has 3 rings (SSSR count). The van der Waals surface area contributed by atoms with Crippen LogP contribution in [0, 0.1) is 10.1 Å². The van der Waals surface area contributed by atoms with Crippen LogP contribution in [0.2, 0.25) is 5.02 Å². The van der Waals surface area contributed by atoms with Crippen LogP contribution in [0.3, 0.4) is 0 Å². The number of carbonyl (C=O) groups is 1. The summed E-state index contributed by atoms with van der Waals surface area (Å²) in [6.07, 6.45) is 0. The molecule has 0 amide bonds. The highest BCUT2D eigenvalue weighted by molar-refractivity contribution is 6.30. The van der Waals surface area contributed by atoms with E-state index in [1.165, 1.54) is 0 Å². The van der Waals surface area contributed by atoms with Gasteiger partial charge >= 0.3 is 11.9 Å². The summed E-state index contributed by atoms with van der Waals surface area (Å²) in [4.78, 5) is 25.5. The second-order valence-corrected chi connectivity index (χ2v) is 4.93. The summed E-state index contributed by atoms with van der Waals surface area (Å²) < 4.78 is 14.6. The molecule has 24 heavy (non-hydrogen) atoms. The lowest BCUT2D eigenvalue weighted by Gasteiger charge is -1.97. The Bertz CT molecular complexity index is 886. The zero-order valence-electron chi connectivity index (χ0n) is 11.8. The largest absolute Gasteiger partial charge is 0.450 e. The van der Waals surface area contributed by atoms with Crippen molar-refractivity contribution in [2.45, 2.75) is 6.61 Å². The molecule has 1 aromatic carbocycles. The van der Waals surface area contributed by atoms with E-state index in [9.17, 15) is 14.9 Å². The normalized spacial score (nSPS) is 10.5. The minimum Gasteiger partial charge on any atom is -0.450 e. The maximum Gasteiger partial charge on any atom is 0.433 e. The highest BCUT2D eigenvalue weighted by Gasteiger charge is 2.19. The lowest BCUT2D eigenvalue weighted by molar-refractivity contribution is -0.402. The molecule has 0 bridgehead atoms. The van der Waals surface area contributed by atoms with Crippen molar-refractivity contribution in [2.75, 3.05) is 0 Å². The van der Waals surface area contributed by atoms with E-state index in [4.69, 9.17) is 25.3 Å². The lowest BCUT2D eigenvalue weighted by atomic mass is 10.2. The molecular formula is C14H8ClN3O6. The van der Waals surface area contributed by atoms with Crippen LogP contribution in [0.1, 0.15) is 16.4 Å². The van der Waals surface area contributed by atoms with Gasteiger partial charge in [0.15, 0.2) is 6.61 Å². The van der Waals surface area contributed by atoms with Gasteiger partial charge in [-0.2, -0.15) is 4.98 Å². The first-order valence-electron chi connectivity index (χ1n) is 6.53. The molecule has 0 aliphatic rings. The number of nitrogens with zero attached hydrogens (tertiary/aromatic N) is 3. The standard InChI is InChI=1S/C14H8ClN3O6/c15-9-3-1-8(2-4-9)13-16-11(24-17-13)7-22-14(19)10-5-6-12(23-10)18(20)21/h1-6H,7H2. The fraction of sp³-hybridized carbons (Fsp3) is 0.0714. The van der Waals surface area contributed by atoms with Gasteiger partial charge in [-0.1, -0.05) is 16.8 Å². The molecule has 2 aromatic heterocycles. The first-order valence-corrected chi connectivity index (χ1v) is 6.90. The molecule has 9 nitrogen and oxygen atoms in total. The molecule has 0 radical (unpaired) electrons. The molecule has 0 aliphatic heterocycles. The van der Waals surface area contributed by atoms with Crippen molar-refractivity contribution < 1.29 is 23.4 Å². The number of benzene rings is 1. The second-order valence-electron chi connectivity index (χ2n) is 4.49. The average molecular weight is 350 g/mol. The van der Waals surface area contributed by atoms with E-state index in [2.05, 4.69) is 10.1 Å². The van der Waals surface area contributed by atoms with Crippen molar-refractivity contribution in [1.29, 1.82) is 0 Å². The Morgan fingerprint density at radius 3 is 2.67 bits per heavy atom. The maximum atomic E-state index is 11.7. The van der Waals surface area contributed by atoms with Crippen LogP contribution < -0.4 is 0 Å². The molecule has 0 N–H and O–H groups in total. The third-order valence-corrected chi connectivity index (χ3v) is 3.12. The number of halogens is 1. The molecule has 0 saturated carbocycles. The van der Waals surface area contributed by atoms with Crippen LogP contribution in [0.25, 0.3) is 11.4 Å². The third kappa shape index (κ3) is 3.41. The van der Waals surface area contributed by atoms with Gasteiger partial charge in [-0.3, -0.25) is 10.1 Å². The summed E-state index contributed by atoms with van der Waals surface area (Å²) in [5.74, 6) is -1.35. The zero-order valence-corrected chi connectivity index (χ0v) is 12.6. The number of aromatic nitrogens is 2. The van der Waals surface area contributed by atoms with Crippen LogP contribution in [-0.2, 0) is 11.3 Å². The van der Waals surface area contributed by atoms with Crippen molar-refractivity contribution in [3.05, 3.63) is 63.2 Å². The molecule has 0 fully saturated rings. The number of hydrogen-bond donors (Lipinski definition) is 0. The smallest absolute Gasteiger partial charge is 0.433 e. The van der Waals surface area contributed by atoms with Crippen molar-refractivity contribution >= 4 is 23.5 Å². The number of furan rings is 1. The van der Waals surface area contributed by atoms with Gasteiger partial charge in [-0.15, -0.1) is 0 Å². The van der Waals surface area contributed by atoms with E-state index in [1.54, 1.807) is 24.3 Å². The zero-order chi connectivity index (χ0) is 17.1. The number of nitro groups is 1. The number of hydrogen-bond acceptors (Lipinski definition) is 8. The lowest BCUT2D eigenvalue weighted by Crippen LogP contribution is -2.04. The van der Waals surface area contributed by atoms with Crippen LogP contribution in [-0.4, -0.2) is 21.0 Å². The highest BCUT2D eigenvalue weighted by Crippen LogP contribution is 2.20. The third-order valence-electron chi connectivity index (χ3n) is 2.87. The molecule has 3 aromatic rings. The van der Waals surface area contributed by atoms with E-state index >= 15 is 0 Å². The molecule has 10 heteroatoms. The summed E-state index contributed by atoms with van der Waals surface area (Å²) in [7, 11) is 0. The second kappa shape index (κ2) is 6.50. The van der Waals surface area contributed by atoms with Crippen molar-refractivity contribution in [1.82, 2.24) is 10.1 Å². The fourth-order valence-electron chi connectivity index (χ4n) is 1.76. The predicted molar refractivity (Wildman–Crippen MR) is 79.2 cm³/mol. The van der Waals surface area contributed by atoms with Crippen LogP contribution in [0.5, 0.6) is 0 Å². The Morgan fingerprint density at radius 2 is 2.00 bits per heavy atom. The highest BCUT2D eigenvalue weighted by atomic mass is 35.5. The number of ether oxygens (including phenoxy) is 1. The van der Waals surface area contributed by atoms with E-state index in [0.717, 1.165) is 12.1 Å². The van der Waals surface area contributed by atoms with Gasteiger partial charge in [-0.25, -0.2) is 4.79 Å². The molecule has 0 saturated heterocycles. The van der Waals surface area contributed by atoms with E-state index in [0.29, 0.717) is 16.4 Å². The summed E-state index contributed by atoms with van der Waals surface area (Å²) in [5.41, 5.74) is 0.683. The summed E-state index contributed by atoms with van der Waals surface area (Å²) >= 11 is 5.80. The summed E-state index contributed by atoms with van der Waals surface area (Å²) in [5, 5.41) is 14.8. The molecular weight excluding hydrogens is 342 g/mol. The first-order chi connectivity index (χ1) is 11.5. The first kappa shape index (κ1) is 15.7. The minimum atomic E-state index is -0.880. The van der Waals surface area contributed by atoms with E-state index < -0.39 is 16.8 Å². The van der Waals surface area contributed by atoms with Gasteiger partial charge in [-0.05, 0) is 30.3 Å². The summed E-state index contributed by atoms with van der Waals surface area (Å²) in [6, 6.07) is 8.98. The molecule has 0 aliphatic carbocycles. The van der Waals surface area contributed by atoms with Crippen molar-refractivity contribution in [2.24, 2.45) is 0 Å². The Kier molecular flexibility index (Phi) is 4.25. The molecule has 0 unspecified atom stereocenters. The molecule has 0 spiro atoms. The topological polar surface area (TPSA) is 122 Å². The predicted octanol–water partition coefficient (Wildman–Crippen LogP) is 3.25. The quantitative estimate of drug-likeness (QED) is 0.391. The van der Waals surface area contributed by atoms with Crippen LogP contribution in [0.4, 0.5) is 5.88 Å². The fourth-order valence-corrected chi connectivity index (χ4v) is 1.89. The average Bonchev–Trinajstić information content (AvgIpc) is 3.23. The number of rotatable bonds is 5. The van der Waals surface area contributed by atoms with Crippen LogP contribution in [0.15, 0.2) is 45.3 Å². The Hall–Kier alpha value is -3.20. The SMILES string of the molecule is O=C(OCc1nc(-c2ccc(Cl)cc2)no1)c1ccc([N+](=O)[O-])o1. The van der Waals surface area contributed by atoms with Gasteiger partial charge in [0.2, 0.25) is 11.6 Å². The minimum absolute atomic E-state index is 0.0642. The van der Waals surface area contributed by atoms with Crippen molar-refractivity contribution in [3.8, 4) is 11.4 Å². The van der Waals surface area contributed by atoms with Gasteiger partial charge < -0.3 is 13.7 Å². The molecule has 122 valence electrons. The molecule has 2 heterocycles. The maximum absolute atomic E-state index is 11.7. The monoisotopic (exact) mass is 349 g/mol. The van der Waals surface area contributed by atoms with Gasteiger partial charge in [0, 0.05) is 10.6 Å². The van der Waals surface area contributed by atoms with Crippen molar-refractivity contribution in [3.63, 3.8) is 0 Å². The van der Waals surface area contributed by atoms with Gasteiger partial charge in [0.05, 0.1) is 6.07 Å². The Labute approximate surface area is 138 Å². The number of carbonyl (C=O) groups excluding carboxylic acids is 1. The van der Waals surface area contributed by atoms with E-state index in [-0.39, 0.29) is 18.3 Å². The Morgan fingerprint density at radius 1 is 1.25 bits per heavy atom. The van der Waals surface area contributed by atoms with E-state index in [1.807, 2.05) is 0 Å². The summed E-state index contributed by atoms with van der Waals surface area (Å²) in [6.45, 7) is -0.298. The van der Waals surface area contributed by atoms with Crippen LogP contribution >= 0.6 is 11.6 Å². The Balaban J connectivity index is 1.63. The van der Waals surface area contributed by atoms with Gasteiger partial charge in [0.25, 0.3) is 5.89 Å². The van der Waals surface area contributed by atoms with Gasteiger partial charge in [0.1, 0.15) is 4.92 Å². The number of esters is 1.